The average Bonchev–Trinajstić information content (AvgIpc) is 2.53. The second-order valence-electron chi connectivity index (χ2n) is 4.28. The van der Waals surface area contributed by atoms with E-state index < -0.39 is 0 Å². The van der Waals surface area contributed by atoms with Crippen molar-refractivity contribution in [2.75, 3.05) is 5.43 Å². The van der Waals surface area contributed by atoms with Gasteiger partial charge in [-0.05, 0) is 17.5 Å². The van der Waals surface area contributed by atoms with E-state index in [0.717, 1.165) is 12.0 Å². The summed E-state index contributed by atoms with van der Waals surface area (Å²) in [7, 11) is 0. The minimum atomic E-state index is -0.263. The van der Waals surface area contributed by atoms with Gasteiger partial charge in [0, 0.05) is 6.54 Å². The number of nitrogens with two attached hydrogens (primary N) is 1. The van der Waals surface area contributed by atoms with Crippen LogP contribution in [-0.2, 0) is 13.0 Å². The Hall–Kier alpha value is -2.47. The van der Waals surface area contributed by atoms with Gasteiger partial charge in [0.2, 0.25) is 0 Å². The molecule has 0 saturated carbocycles. The Morgan fingerprint density at radius 2 is 1.85 bits per heavy atom. The third-order valence-corrected chi connectivity index (χ3v) is 2.92. The lowest BCUT2D eigenvalue weighted by Crippen LogP contribution is -2.24. The normalized spacial score (nSPS) is 10.1. The van der Waals surface area contributed by atoms with Crippen molar-refractivity contribution in [3.05, 3.63) is 53.5 Å². The number of anilines is 1. The Morgan fingerprint density at radius 1 is 1.15 bits per heavy atom. The van der Waals surface area contributed by atoms with E-state index >= 15 is 0 Å². The molecular formula is C14H17N5O. The van der Waals surface area contributed by atoms with E-state index in [0.29, 0.717) is 12.4 Å². The predicted molar refractivity (Wildman–Crippen MR) is 76.8 cm³/mol. The van der Waals surface area contributed by atoms with Crippen LogP contribution in [0.2, 0.25) is 0 Å². The van der Waals surface area contributed by atoms with Crippen molar-refractivity contribution < 1.29 is 4.79 Å². The summed E-state index contributed by atoms with van der Waals surface area (Å²) < 4.78 is 0. The van der Waals surface area contributed by atoms with E-state index in [2.05, 4.69) is 39.8 Å². The van der Waals surface area contributed by atoms with E-state index in [9.17, 15) is 4.79 Å². The molecule has 0 unspecified atom stereocenters. The molecule has 2 rings (SSSR count). The molecule has 0 atom stereocenters. The first-order valence-electron chi connectivity index (χ1n) is 6.37. The molecule has 0 aliphatic carbocycles. The lowest BCUT2D eigenvalue weighted by atomic mass is 10.1. The Balaban J connectivity index is 1.93. The van der Waals surface area contributed by atoms with Crippen molar-refractivity contribution in [3.63, 3.8) is 0 Å². The zero-order valence-corrected chi connectivity index (χ0v) is 11.3. The topological polar surface area (TPSA) is 92.9 Å². The minimum Gasteiger partial charge on any atom is -0.347 e. The fourth-order valence-corrected chi connectivity index (χ4v) is 1.69. The fourth-order valence-electron chi connectivity index (χ4n) is 1.69. The number of aromatic nitrogens is 2. The molecule has 1 aromatic carbocycles. The molecule has 1 aromatic heterocycles. The maximum Gasteiger partial charge on any atom is 0.271 e. The quantitative estimate of drug-likeness (QED) is 0.562. The van der Waals surface area contributed by atoms with Gasteiger partial charge in [-0.25, -0.2) is 15.8 Å². The van der Waals surface area contributed by atoms with Gasteiger partial charge in [0.05, 0.1) is 12.4 Å². The molecule has 0 radical (unpaired) electrons. The van der Waals surface area contributed by atoms with Crippen LogP contribution in [0, 0.1) is 0 Å². The van der Waals surface area contributed by atoms with E-state index in [1.165, 1.54) is 18.0 Å². The number of amides is 1. The highest BCUT2D eigenvalue weighted by Gasteiger charge is 2.07. The highest BCUT2D eigenvalue weighted by molar-refractivity contribution is 5.91. The van der Waals surface area contributed by atoms with Crippen LogP contribution in [0.15, 0.2) is 36.7 Å². The summed E-state index contributed by atoms with van der Waals surface area (Å²) in [5.41, 5.74) is 4.93. The molecule has 0 spiro atoms. The minimum absolute atomic E-state index is 0.258. The molecule has 0 aliphatic rings. The molecule has 1 amide bonds. The van der Waals surface area contributed by atoms with Gasteiger partial charge in [0.1, 0.15) is 5.69 Å². The van der Waals surface area contributed by atoms with Crippen LogP contribution >= 0.6 is 0 Å². The fraction of sp³-hybridized carbons (Fsp3) is 0.214. The molecule has 2 aromatic rings. The van der Waals surface area contributed by atoms with Crippen molar-refractivity contribution in [2.45, 2.75) is 19.9 Å². The smallest absolute Gasteiger partial charge is 0.271 e. The van der Waals surface area contributed by atoms with Gasteiger partial charge < -0.3 is 10.7 Å². The summed E-state index contributed by atoms with van der Waals surface area (Å²) in [5.74, 6) is 5.33. The Kier molecular flexibility index (Phi) is 4.62. The zero-order valence-electron chi connectivity index (χ0n) is 11.3. The summed E-state index contributed by atoms with van der Waals surface area (Å²) in [5, 5.41) is 2.80. The molecule has 104 valence electrons. The lowest BCUT2D eigenvalue weighted by molar-refractivity contribution is 0.0945. The summed E-state index contributed by atoms with van der Waals surface area (Å²) in [6.45, 7) is 2.57. The van der Waals surface area contributed by atoms with Crippen LogP contribution in [0.3, 0.4) is 0 Å². The monoisotopic (exact) mass is 271 g/mol. The highest BCUT2D eigenvalue weighted by Crippen LogP contribution is 2.05. The number of aryl methyl sites for hydroxylation is 1. The zero-order chi connectivity index (χ0) is 14.4. The van der Waals surface area contributed by atoms with Crippen LogP contribution in [0.5, 0.6) is 0 Å². The number of hydrazine groups is 1. The first-order chi connectivity index (χ1) is 9.72. The Labute approximate surface area is 117 Å². The molecule has 0 fully saturated rings. The second kappa shape index (κ2) is 6.63. The van der Waals surface area contributed by atoms with E-state index in [1.807, 2.05) is 12.1 Å². The van der Waals surface area contributed by atoms with E-state index in [-0.39, 0.29) is 11.6 Å². The van der Waals surface area contributed by atoms with Gasteiger partial charge in [0.25, 0.3) is 5.91 Å². The molecule has 0 bridgehead atoms. The van der Waals surface area contributed by atoms with Gasteiger partial charge in [-0.3, -0.25) is 4.79 Å². The Morgan fingerprint density at radius 3 is 2.40 bits per heavy atom. The highest BCUT2D eigenvalue weighted by atomic mass is 16.1. The van der Waals surface area contributed by atoms with Gasteiger partial charge in [-0.15, -0.1) is 0 Å². The maximum absolute atomic E-state index is 11.9. The Bertz CT molecular complexity index is 565. The molecule has 0 aliphatic heterocycles. The number of carbonyl (C=O) groups excluding carboxylic acids is 1. The molecule has 6 nitrogen and oxygen atoms in total. The molecule has 0 saturated heterocycles. The van der Waals surface area contributed by atoms with Crippen molar-refractivity contribution in [2.24, 2.45) is 5.84 Å². The lowest BCUT2D eigenvalue weighted by Gasteiger charge is -2.06. The van der Waals surface area contributed by atoms with Crippen LogP contribution in [0.25, 0.3) is 0 Å². The standard InChI is InChI=1S/C14H17N5O/c1-2-10-3-5-11(6-4-10)7-18-14(20)12-8-17-13(19-15)9-16-12/h3-6,8-9H,2,7,15H2,1H3,(H,17,19)(H,18,20). The van der Waals surface area contributed by atoms with Gasteiger partial charge in [-0.1, -0.05) is 31.2 Å². The van der Waals surface area contributed by atoms with Gasteiger partial charge in [-0.2, -0.15) is 0 Å². The number of rotatable bonds is 5. The van der Waals surface area contributed by atoms with E-state index in [1.54, 1.807) is 0 Å². The summed E-state index contributed by atoms with van der Waals surface area (Å²) in [6, 6.07) is 8.13. The van der Waals surface area contributed by atoms with Crippen LogP contribution in [0.4, 0.5) is 5.82 Å². The molecule has 6 heteroatoms. The SMILES string of the molecule is CCc1ccc(CNC(=O)c2cnc(NN)cn2)cc1. The number of hydrogen-bond donors (Lipinski definition) is 3. The van der Waals surface area contributed by atoms with Gasteiger partial charge in [0.15, 0.2) is 5.82 Å². The maximum atomic E-state index is 11.9. The first kappa shape index (κ1) is 14.0. The molecule has 20 heavy (non-hydrogen) atoms. The average molecular weight is 271 g/mol. The summed E-state index contributed by atoms with van der Waals surface area (Å²) in [4.78, 5) is 19.8. The van der Waals surface area contributed by atoms with Crippen molar-refractivity contribution in [1.29, 1.82) is 0 Å². The largest absolute Gasteiger partial charge is 0.347 e. The number of benzene rings is 1. The molecular weight excluding hydrogens is 254 g/mol. The number of nitrogens with zero attached hydrogens (tertiary/aromatic N) is 2. The molecule has 4 N–H and O–H groups in total. The van der Waals surface area contributed by atoms with Crippen LogP contribution in [-0.4, -0.2) is 15.9 Å². The third-order valence-electron chi connectivity index (χ3n) is 2.92. The summed E-state index contributed by atoms with van der Waals surface area (Å²) in [6.07, 6.45) is 3.79. The van der Waals surface area contributed by atoms with Crippen LogP contribution < -0.4 is 16.6 Å². The predicted octanol–water partition coefficient (Wildman–Crippen LogP) is 1.25. The molecule has 1 heterocycles. The second-order valence-corrected chi connectivity index (χ2v) is 4.28. The number of nitrogens with one attached hydrogen (secondary N) is 2. The van der Waals surface area contributed by atoms with Crippen molar-refractivity contribution >= 4 is 11.7 Å². The van der Waals surface area contributed by atoms with E-state index in [4.69, 9.17) is 5.84 Å². The van der Waals surface area contributed by atoms with Crippen LogP contribution in [0.1, 0.15) is 28.5 Å². The number of carbonyl (C=O) groups is 1. The first-order valence-corrected chi connectivity index (χ1v) is 6.37. The van der Waals surface area contributed by atoms with Crippen molar-refractivity contribution in [1.82, 2.24) is 15.3 Å². The van der Waals surface area contributed by atoms with Crippen molar-refractivity contribution in [3.8, 4) is 0 Å². The summed E-state index contributed by atoms with van der Waals surface area (Å²) >= 11 is 0. The van der Waals surface area contributed by atoms with Gasteiger partial charge >= 0.3 is 0 Å². The number of hydrogen-bond acceptors (Lipinski definition) is 5. The third kappa shape index (κ3) is 3.52. The number of nitrogen functional groups attached to an aromatic ring is 1.